The van der Waals surface area contributed by atoms with Crippen molar-refractivity contribution in [1.82, 2.24) is 0 Å². The van der Waals surface area contributed by atoms with Crippen LogP contribution in [0.4, 0.5) is 0 Å². The summed E-state index contributed by atoms with van der Waals surface area (Å²) in [4.78, 5) is 13.7. The van der Waals surface area contributed by atoms with Crippen LogP contribution < -0.4 is 32.8 Å². The van der Waals surface area contributed by atoms with Gasteiger partial charge in [0, 0.05) is 11.1 Å². The van der Waals surface area contributed by atoms with Crippen molar-refractivity contribution in [3.63, 3.8) is 0 Å². The van der Waals surface area contributed by atoms with Gasteiger partial charge in [-0.2, -0.15) is 0 Å². The Labute approximate surface area is 256 Å². The van der Waals surface area contributed by atoms with Crippen LogP contribution in [0.3, 0.4) is 0 Å². The molecule has 4 nitrogen and oxygen atoms in total. The molecule has 0 N–H and O–H groups in total. The monoisotopic (exact) mass is 562 g/mol. The Morgan fingerprint density at radius 1 is 0.625 bits per heavy atom. The van der Waals surface area contributed by atoms with Crippen LogP contribution in [-0.2, 0) is 39.1 Å². The van der Waals surface area contributed by atoms with E-state index in [1.165, 1.54) is 11.1 Å². The van der Waals surface area contributed by atoms with Crippen LogP contribution in [0, 0.1) is 0 Å². The topological polar surface area (TPSA) is 58.6 Å². The fourth-order valence-corrected chi connectivity index (χ4v) is 5.97. The van der Waals surface area contributed by atoms with Crippen molar-refractivity contribution in [2.75, 3.05) is 0 Å². The first-order valence-electron chi connectivity index (χ1n) is 14.9. The molecule has 0 unspecified atom stereocenters. The summed E-state index contributed by atoms with van der Waals surface area (Å²) in [5.74, 6) is 0.906. The van der Waals surface area contributed by atoms with Gasteiger partial charge in [0.1, 0.15) is 11.5 Å². The van der Waals surface area contributed by atoms with Crippen LogP contribution >= 0.6 is 7.82 Å². The Kier molecular flexibility index (Phi) is 10.7. The van der Waals surface area contributed by atoms with Gasteiger partial charge in [-0.05, 0) is 82.4 Å². The number of phosphoric acid groups is 1. The van der Waals surface area contributed by atoms with Gasteiger partial charge in [0.15, 0.2) is 0 Å². The molecule has 2 aromatic carbocycles. The van der Waals surface area contributed by atoms with E-state index in [4.69, 9.17) is 9.05 Å². The molecule has 0 saturated carbocycles. The fourth-order valence-electron chi connectivity index (χ4n) is 5.05. The SMILES string of the molecule is CCC(C)(C)c1cc2c(c(C(C)(C)CC)c1)OP(=O)([O-])Oc1c(cc(C(C)(C)CC)cc1C(C)(C)CC)CC2.[Li+]. The summed E-state index contributed by atoms with van der Waals surface area (Å²) >= 11 is 0. The molecule has 2 aromatic rings. The molecule has 6 heteroatoms. The van der Waals surface area contributed by atoms with Crippen LogP contribution in [0.15, 0.2) is 24.3 Å². The second-order valence-electron chi connectivity index (χ2n) is 14.1. The molecule has 0 aliphatic carbocycles. The van der Waals surface area contributed by atoms with Crippen molar-refractivity contribution in [2.45, 2.75) is 143 Å². The number of aryl methyl sites for hydroxylation is 2. The number of hydrogen-bond acceptors (Lipinski definition) is 4. The molecule has 0 radical (unpaired) electrons. The number of phosphoric ester groups is 1. The maximum Gasteiger partial charge on any atom is 1.00 e. The second kappa shape index (κ2) is 12.2. The molecule has 3 rings (SSSR count). The Morgan fingerprint density at radius 3 is 1.20 bits per heavy atom. The summed E-state index contributed by atoms with van der Waals surface area (Å²) < 4.78 is 25.7. The van der Waals surface area contributed by atoms with E-state index in [1.54, 1.807) is 0 Å². The van der Waals surface area contributed by atoms with Gasteiger partial charge in [0.05, 0.1) is 0 Å². The predicted octanol–water partition coefficient (Wildman–Crippen LogP) is 6.47. The summed E-state index contributed by atoms with van der Waals surface area (Å²) in [5.41, 5.74) is 5.58. The van der Waals surface area contributed by atoms with E-state index in [2.05, 4.69) is 107 Å². The van der Waals surface area contributed by atoms with Crippen molar-refractivity contribution in [3.8, 4) is 11.5 Å². The third kappa shape index (κ3) is 7.06. The van der Waals surface area contributed by atoms with Gasteiger partial charge in [-0.3, -0.25) is 0 Å². The molecule has 1 aliphatic heterocycles. The molecule has 1 aliphatic rings. The standard InChI is InChI=1S/C34H53O4P.Li/c1-13-31(5,6)25-19-23-17-18-24-20-26(32(7,8)14-2)22-28(34(11,12)16-4)30(24)38-39(35,36)37-29(23)27(21-25)33(9,10)15-3;/h19-22H,13-18H2,1-12H3,(H,35,36);/q;+1/p-1. The van der Waals surface area contributed by atoms with Crippen molar-refractivity contribution < 1.29 is 37.4 Å². The maximum atomic E-state index is 13.7. The van der Waals surface area contributed by atoms with E-state index in [9.17, 15) is 9.46 Å². The van der Waals surface area contributed by atoms with Crippen LogP contribution in [0.5, 0.6) is 11.5 Å². The van der Waals surface area contributed by atoms with E-state index >= 15 is 0 Å². The second-order valence-corrected chi connectivity index (χ2v) is 15.4. The molecule has 0 aromatic heterocycles. The molecule has 0 spiro atoms. The number of benzene rings is 2. The zero-order valence-corrected chi connectivity index (χ0v) is 28.5. The van der Waals surface area contributed by atoms with Crippen molar-refractivity contribution in [3.05, 3.63) is 57.6 Å². The third-order valence-electron chi connectivity index (χ3n) is 9.96. The number of hydrogen-bond donors (Lipinski definition) is 0. The molecule has 40 heavy (non-hydrogen) atoms. The minimum Gasteiger partial charge on any atom is -0.736 e. The zero-order chi connectivity index (χ0) is 29.6. The molecule has 218 valence electrons. The van der Waals surface area contributed by atoms with Gasteiger partial charge in [-0.1, -0.05) is 107 Å². The van der Waals surface area contributed by atoms with Gasteiger partial charge < -0.3 is 13.9 Å². The molecule has 0 atom stereocenters. The minimum absolute atomic E-state index is 0. The van der Waals surface area contributed by atoms with Gasteiger partial charge in [-0.25, -0.2) is 4.57 Å². The number of fused-ring (bicyclic) bond motifs is 2. The van der Waals surface area contributed by atoms with E-state index in [-0.39, 0.29) is 40.5 Å². The van der Waals surface area contributed by atoms with Gasteiger partial charge in [0.2, 0.25) is 0 Å². The third-order valence-corrected chi connectivity index (χ3v) is 10.8. The van der Waals surface area contributed by atoms with Gasteiger partial charge in [0.25, 0.3) is 0 Å². The van der Waals surface area contributed by atoms with Crippen LogP contribution in [0.1, 0.15) is 142 Å². The quantitative estimate of drug-likeness (QED) is 0.274. The summed E-state index contributed by atoms with van der Waals surface area (Å²) in [6, 6.07) is 8.69. The van der Waals surface area contributed by atoms with E-state index in [0.29, 0.717) is 24.3 Å². The van der Waals surface area contributed by atoms with Crippen LogP contribution in [-0.4, -0.2) is 0 Å². The van der Waals surface area contributed by atoms with Crippen molar-refractivity contribution in [2.24, 2.45) is 0 Å². The fraction of sp³-hybridized carbons (Fsp3) is 0.647. The Morgan fingerprint density at radius 2 is 0.925 bits per heavy atom. The smallest absolute Gasteiger partial charge is 0.736 e. The molecule has 0 amide bonds. The summed E-state index contributed by atoms with van der Waals surface area (Å²) in [6.45, 7) is 26.3. The Bertz CT molecular complexity index is 1170. The first-order chi connectivity index (χ1) is 17.8. The molecular weight excluding hydrogens is 510 g/mol. The summed E-state index contributed by atoms with van der Waals surface area (Å²) in [6.07, 6.45) is 5.02. The molecule has 0 saturated heterocycles. The molecular formula is C34H52LiO4P. The van der Waals surface area contributed by atoms with Gasteiger partial charge in [-0.15, -0.1) is 0 Å². The Balaban J connectivity index is 0.00000560. The Hall–Kier alpha value is -1.17. The van der Waals surface area contributed by atoms with E-state index in [0.717, 1.165) is 47.9 Å². The average Bonchev–Trinajstić information content (AvgIpc) is 2.92. The average molecular weight is 563 g/mol. The summed E-state index contributed by atoms with van der Waals surface area (Å²) in [5, 5.41) is 0. The van der Waals surface area contributed by atoms with Gasteiger partial charge >= 0.3 is 26.7 Å². The normalized spacial score (nSPS) is 15.8. The number of rotatable bonds is 8. The summed E-state index contributed by atoms with van der Waals surface area (Å²) in [7, 11) is -4.74. The molecule has 1 heterocycles. The first kappa shape index (κ1) is 35.0. The van der Waals surface area contributed by atoms with E-state index in [1.807, 2.05) is 0 Å². The minimum atomic E-state index is -4.74. The largest absolute Gasteiger partial charge is 1.00 e. The van der Waals surface area contributed by atoms with Crippen LogP contribution in [0.2, 0.25) is 0 Å². The van der Waals surface area contributed by atoms with Crippen molar-refractivity contribution in [1.29, 1.82) is 0 Å². The molecule has 0 fully saturated rings. The molecule has 0 bridgehead atoms. The maximum absolute atomic E-state index is 13.7. The zero-order valence-electron chi connectivity index (χ0n) is 27.6. The van der Waals surface area contributed by atoms with Crippen molar-refractivity contribution >= 4 is 7.82 Å². The van der Waals surface area contributed by atoms with E-state index < -0.39 is 7.82 Å². The first-order valence-corrected chi connectivity index (χ1v) is 16.4. The van der Waals surface area contributed by atoms with Crippen LogP contribution in [0.25, 0.3) is 0 Å². The predicted molar refractivity (Wildman–Crippen MR) is 162 cm³/mol.